The topological polar surface area (TPSA) is 27.7 Å². The summed E-state index contributed by atoms with van der Waals surface area (Å²) in [4.78, 5) is 1.26. The first-order valence-electron chi connectivity index (χ1n) is 9.14. The van der Waals surface area contributed by atoms with E-state index in [9.17, 15) is 4.39 Å². The van der Waals surface area contributed by atoms with E-state index in [4.69, 9.17) is 14.2 Å². The number of para-hydroxylation sites is 1. The van der Waals surface area contributed by atoms with E-state index in [1.807, 2.05) is 18.2 Å². The average molecular weight is 401 g/mol. The van der Waals surface area contributed by atoms with Gasteiger partial charge in [0.1, 0.15) is 5.75 Å². The lowest BCUT2D eigenvalue weighted by atomic mass is 9.92. The van der Waals surface area contributed by atoms with Gasteiger partial charge in [0.05, 0.1) is 19.8 Å². The van der Waals surface area contributed by atoms with Crippen molar-refractivity contribution in [1.29, 1.82) is 0 Å². The molecule has 0 saturated heterocycles. The molecular weight excluding hydrogens is 375 g/mol. The smallest absolute Gasteiger partial charge is 0.165 e. The van der Waals surface area contributed by atoms with Crippen molar-refractivity contribution in [3.8, 4) is 11.5 Å². The molecule has 0 atom stereocenters. The molecule has 0 spiro atoms. The standard InChI is InChI=1S/C23H25FO3S/c1-23(2,22-12-18(13-25-3)15-28-22)16-26-14-17-9-10-20(24)21(11-17)27-19-7-5-4-6-8-19/h4-12,15H,13-14,16H2,1-3H3. The van der Waals surface area contributed by atoms with Gasteiger partial charge in [0.25, 0.3) is 0 Å². The zero-order chi connectivity index (χ0) is 20.0. The molecule has 3 aromatic rings. The average Bonchev–Trinajstić information content (AvgIpc) is 3.15. The molecule has 0 aliphatic heterocycles. The van der Waals surface area contributed by atoms with Crippen LogP contribution in [0.25, 0.3) is 0 Å². The van der Waals surface area contributed by atoms with Crippen LogP contribution >= 0.6 is 11.3 Å². The van der Waals surface area contributed by atoms with Crippen LogP contribution < -0.4 is 4.74 Å². The van der Waals surface area contributed by atoms with E-state index < -0.39 is 5.82 Å². The summed E-state index contributed by atoms with van der Waals surface area (Å²) in [5.41, 5.74) is 1.94. The molecule has 148 valence electrons. The van der Waals surface area contributed by atoms with Gasteiger partial charge in [-0.15, -0.1) is 11.3 Å². The number of halogens is 1. The fourth-order valence-corrected chi connectivity index (χ4v) is 3.81. The number of ether oxygens (including phenoxy) is 3. The molecule has 0 bridgehead atoms. The second-order valence-electron chi connectivity index (χ2n) is 7.31. The number of thiophene rings is 1. The molecule has 5 heteroatoms. The number of benzene rings is 2. The van der Waals surface area contributed by atoms with E-state index >= 15 is 0 Å². The SMILES string of the molecule is COCc1csc(C(C)(C)COCc2ccc(F)c(Oc3ccccc3)c2)c1. The van der Waals surface area contributed by atoms with Gasteiger partial charge in [-0.05, 0) is 46.8 Å². The number of hydrogen-bond acceptors (Lipinski definition) is 4. The van der Waals surface area contributed by atoms with Gasteiger partial charge >= 0.3 is 0 Å². The molecule has 28 heavy (non-hydrogen) atoms. The number of rotatable bonds is 9. The van der Waals surface area contributed by atoms with Gasteiger partial charge in [-0.3, -0.25) is 0 Å². The summed E-state index contributed by atoms with van der Waals surface area (Å²) in [6.07, 6.45) is 0. The van der Waals surface area contributed by atoms with Crippen molar-refractivity contribution in [2.24, 2.45) is 0 Å². The minimum atomic E-state index is -0.391. The van der Waals surface area contributed by atoms with E-state index in [1.54, 1.807) is 42.7 Å². The van der Waals surface area contributed by atoms with Gasteiger partial charge in [0.15, 0.2) is 11.6 Å². The lowest BCUT2D eigenvalue weighted by molar-refractivity contribution is 0.0834. The Morgan fingerprint density at radius 3 is 2.50 bits per heavy atom. The lowest BCUT2D eigenvalue weighted by Crippen LogP contribution is -2.23. The number of methoxy groups -OCH3 is 1. The van der Waals surface area contributed by atoms with E-state index in [0.29, 0.717) is 25.6 Å². The molecule has 0 N–H and O–H groups in total. The van der Waals surface area contributed by atoms with Gasteiger partial charge in [0.2, 0.25) is 0 Å². The molecule has 2 aromatic carbocycles. The molecular formula is C23H25FO3S. The van der Waals surface area contributed by atoms with Crippen molar-refractivity contribution >= 4 is 11.3 Å². The van der Waals surface area contributed by atoms with Crippen molar-refractivity contribution in [3.05, 3.63) is 81.8 Å². The third-order valence-electron chi connectivity index (χ3n) is 4.33. The summed E-state index contributed by atoms with van der Waals surface area (Å²) in [6, 6.07) is 16.2. The fourth-order valence-electron chi connectivity index (χ4n) is 2.80. The number of hydrogen-bond donors (Lipinski definition) is 0. The van der Waals surface area contributed by atoms with E-state index in [1.165, 1.54) is 16.5 Å². The van der Waals surface area contributed by atoms with Crippen LogP contribution in [0, 0.1) is 5.82 Å². The summed E-state index contributed by atoms with van der Waals surface area (Å²) in [5, 5.41) is 2.12. The molecule has 3 rings (SSSR count). The maximum Gasteiger partial charge on any atom is 0.165 e. The van der Waals surface area contributed by atoms with E-state index in [0.717, 1.165) is 5.56 Å². The van der Waals surface area contributed by atoms with Crippen LogP contribution in [0.15, 0.2) is 60.0 Å². The molecule has 3 nitrogen and oxygen atoms in total. The molecule has 0 fully saturated rings. The van der Waals surface area contributed by atoms with Gasteiger partial charge in [-0.25, -0.2) is 4.39 Å². The van der Waals surface area contributed by atoms with Crippen LogP contribution in [0.5, 0.6) is 11.5 Å². The second kappa shape index (κ2) is 9.32. The zero-order valence-corrected chi connectivity index (χ0v) is 17.2. The van der Waals surface area contributed by atoms with Crippen LogP contribution in [0.4, 0.5) is 4.39 Å². The molecule has 0 saturated carbocycles. The molecule has 0 unspecified atom stereocenters. The van der Waals surface area contributed by atoms with Gasteiger partial charge in [-0.2, -0.15) is 0 Å². The zero-order valence-electron chi connectivity index (χ0n) is 16.4. The molecule has 1 aromatic heterocycles. The molecule has 1 heterocycles. The van der Waals surface area contributed by atoms with E-state index in [2.05, 4.69) is 25.3 Å². The monoisotopic (exact) mass is 400 g/mol. The van der Waals surface area contributed by atoms with Crippen molar-refractivity contribution in [2.75, 3.05) is 13.7 Å². The first-order chi connectivity index (χ1) is 13.5. The summed E-state index contributed by atoms with van der Waals surface area (Å²) in [7, 11) is 1.70. The Morgan fingerprint density at radius 1 is 0.964 bits per heavy atom. The van der Waals surface area contributed by atoms with E-state index in [-0.39, 0.29) is 11.2 Å². The Kier molecular flexibility index (Phi) is 6.83. The van der Waals surface area contributed by atoms with Crippen molar-refractivity contribution in [1.82, 2.24) is 0 Å². The predicted molar refractivity (Wildman–Crippen MR) is 111 cm³/mol. The highest BCUT2D eigenvalue weighted by Gasteiger charge is 2.23. The summed E-state index contributed by atoms with van der Waals surface area (Å²) >= 11 is 1.72. The molecule has 0 aliphatic rings. The van der Waals surface area contributed by atoms with Crippen molar-refractivity contribution < 1.29 is 18.6 Å². The minimum Gasteiger partial charge on any atom is -0.454 e. The largest absolute Gasteiger partial charge is 0.454 e. The summed E-state index contributed by atoms with van der Waals surface area (Å²) in [6.45, 7) is 5.89. The Hall–Kier alpha value is -2.21. The predicted octanol–water partition coefficient (Wildman–Crippen LogP) is 6.32. The van der Waals surface area contributed by atoms with Gasteiger partial charge in [0, 0.05) is 17.4 Å². The molecule has 0 amide bonds. The van der Waals surface area contributed by atoms with Gasteiger partial charge < -0.3 is 14.2 Å². The fraction of sp³-hybridized carbons (Fsp3) is 0.304. The van der Waals surface area contributed by atoms with Crippen LogP contribution in [-0.4, -0.2) is 13.7 Å². The summed E-state index contributed by atoms with van der Waals surface area (Å²) in [5.74, 6) is 0.413. The second-order valence-corrected chi connectivity index (χ2v) is 8.22. The third kappa shape index (κ3) is 5.41. The Bertz CT molecular complexity index is 890. The van der Waals surface area contributed by atoms with Crippen molar-refractivity contribution in [2.45, 2.75) is 32.5 Å². The molecule has 0 radical (unpaired) electrons. The maximum atomic E-state index is 14.1. The highest BCUT2D eigenvalue weighted by Crippen LogP contribution is 2.31. The van der Waals surface area contributed by atoms with Crippen LogP contribution in [0.1, 0.15) is 29.9 Å². The van der Waals surface area contributed by atoms with Crippen LogP contribution in [0.3, 0.4) is 0 Å². The summed E-state index contributed by atoms with van der Waals surface area (Å²) < 4.78 is 30.9. The van der Waals surface area contributed by atoms with Crippen LogP contribution in [-0.2, 0) is 28.1 Å². The third-order valence-corrected chi connectivity index (χ3v) is 5.68. The lowest BCUT2D eigenvalue weighted by Gasteiger charge is -2.23. The maximum absolute atomic E-state index is 14.1. The first kappa shape index (κ1) is 20.5. The normalized spacial score (nSPS) is 11.6. The minimum absolute atomic E-state index is 0.111. The Morgan fingerprint density at radius 2 is 1.75 bits per heavy atom. The first-order valence-corrected chi connectivity index (χ1v) is 10.0. The van der Waals surface area contributed by atoms with Gasteiger partial charge in [-0.1, -0.05) is 38.1 Å². The Labute approximate surface area is 169 Å². The molecule has 0 aliphatic carbocycles. The highest BCUT2D eigenvalue weighted by atomic mass is 32.1. The Balaban J connectivity index is 1.60. The van der Waals surface area contributed by atoms with Crippen LogP contribution in [0.2, 0.25) is 0 Å². The highest BCUT2D eigenvalue weighted by molar-refractivity contribution is 7.10. The quantitative estimate of drug-likeness (QED) is 0.421. The van der Waals surface area contributed by atoms with Crippen molar-refractivity contribution in [3.63, 3.8) is 0 Å².